The van der Waals surface area contributed by atoms with Crippen LogP contribution in [0.15, 0.2) is 63.7 Å². The molecule has 0 unspecified atom stereocenters. The maximum absolute atomic E-state index is 14.0. The van der Waals surface area contributed by atoms with E-state index in [1.54, 1.807) is 10.8 Å². The fourth-order valence-corrected chi connectivity index (χ4v) is 8.28. The van der Waals surface area contributed by atoms with Gasteiger partial charge in [-0.1, -0.05) is 56.1 Å². The third-order valence-electron chi connectivity index (χ3n) is 9.09. The maximum atomic E-state index is 14.0. The zero-order chi connectivity index (χ0) is 29.6. The Bertz CT molecular complexity index is 1590. The van der Waals surface area contributed by atoms with Crippen molar-refractivity contribution in [3.63, 3.8) is 0 Å². The smallest absolute Gasteiger partial charge is 0.418 e. The Labute approximate surface area is 255 Å². The summed E-state index contributed by atoms with van der Waals surface area (Å²) in [5.41, 5.74) is 1.23. The van der Waals surface area contributed by atoms with Crippen molar-refractivity contribution in [3.8, 4) is 0 Å². The number of ether oxygens (including phenoxy) is 3. The highest BCUT2D eigenvalue weighted by Crippen LogP contribution is 2.86. The summed E-state index contributed by atoms with van der Waals surface area (Å²) in [7, 11) is 2.79. The Balaban J connectivity index is 1.65. The maximum Gasteiger partial charge on any atom is 0.418 e. The lowest BCUT2D eigenvalue weighted by molar-refractivity contribution is -0.146. The second kappa shape index (κ2) is 9.30. The highest BCUT2D eigenvalue weighted by molar-refractivity contribution is 9.10. The second-order valence-corrected chi connectivity index (χ2v) is 14.0. The summed E-state index contributed by atoms with van der Waals surface area (Å²) < 4.78 is 20.1. The van der Waals surface area contributed by atoms with Crippen molar-refractivity contribution in [3.05, 3.63) is 91.6 Å². The quantitative estimate of drug-likeness (QED) is 0.223. The summed E-state index contributed by atoms with van der Waals surface area (Å²) in [5, 5.41) is 0. The minimum Gasteiger partial charge on any atom is -0.468 e. The van der Waals surface area contributed by atoms with Crippen LogP contribution in [0.5, 0.6) is 0 Å². The number of halogens is 2. The Morgan fingerprint density at radius 3 is 1.66 bits per heavy atom. The Morgan fingerprint density at radius 1 is 0.780 bits per heavy atom. The molecule has 6 atom stereocenters. The van der Waals surface area contributed by atoms with Crippen LogP contribution in [0, 0.1) is 18.8 Å². The van der Waals surface area contributed by atoms with Gasteiger partial charge in [0.2, 0.25) is 0 Å². The van der Waals surface area contributed by atoms with Crippen LogP contribution >= 0.6 is 31.9 Å². The van der Waals surface area contributed by atoms with Crippen molar-refractivity contribution in [2.45, 2.75) is 56.0 Å². The van der Waals surface area contributed by atoms with Gasteiger partial charge in [-0.3, -0.25) is 14.2 Å². The van der Waals surface area contributed by atoms with E-state index in [0.717, 1.165) is 31.2 Å². The third-order valence-corrected chi connectivity index (χ3v) is 10.1. The molecular weight excluding hydrogens is 654 g/mol. The van der Waals surface area contributed by atoms with Gasteiger partial charge in [0.25, 0.3) is 0 Å². The van der Waals surface area contributed by atoms with Gasteiger partial charge in [-0.2, -0.15) is 0 Å². The topological polar surface area (TPSA) is 83.8 Å². The molecule has 6 rings (SSSR count). The van der Waals surface area contributed by atoms with Gasteiger partial charge in [0, 0.05) is 32.7 Å². The van der Waals surface area contributed by atoms with Gasteiger partial charge in [0.1, 0.15) is 16.4 Å². The van der Waals surface area contributed by atoms with E-state index in [4.69, 9.17) is 14.2 Å². The van der Waals surface area contributed by atoms with Crippen LogP contribution < -0.4 is 0 Å². The van der Waals surface area contributed by atoms with Crippen molar-refractivity contribution < 1.29 is 28.6 Å². The predicted octanol–water partition coefficient (Wildman–Crippen LogP) is 6.77. The van der Waals surface area contributed by atoms with Crippen molar-refractivity contribution in [2.75, 3.05) is 14.2 Å². The molecule has 0 N–H and O–H groups in total. The van der Waals surface area contributed by atoms with Crippen LogP contribution in [0.4, 0.5) is 4.79 Å². The number of benzene rings is 2. The molecular formula is C32H31Br2NO6. The van der Waals surface area contributed by atoms with Crippen LogP contribution in [0.2, 0.25) is 0 Å². The molecule has 214 valence electrons. The molecule has 0 spiro atoms. The van der Waals surface area contributed by atoms with E-state index in [1.165, 1.54) is 14.2 Å². The van der Waals surface area contributed by atoms with Crippen LogP contribution in [-0.2, 0) is 34.6 Å². The summed E-state index contributed by atoms with van der Waals surface area (Å²) in [6, 6.07) is 15.3. The zero-order valence-corrected chi connectivity index (χ0v) is 26.8. The number of carbonyl (C=O) groups is 3. The average molecular weight is 685 g/mol. The summed E-state index contributed by atoms with van der Waals surface area (Å²) >= 11 is 7.02. The SMILES string of the molecule is COC(=O)[C@]1(c2ccc(Br)cc2)[C@@H]2[C@@H]3[C@@H](c4c(c(C)cn4C(=O)OC(C)(C)C)[C@H]21)[C@@]3(C(=O)OC)c1ccc(Br)cc1. The first-order valence-corrected chi connectivity index (χ1v) is 15.1. The predicted molar refractivity (Wildman–Crippen MR) is 159 cm³/mol. The summed E-state index contributed by atoms with van der Waals surface area (Å²) in [6.45, 7) is 7.41. The van der Waals surface area contributed by atoms with E-state index < -0.39 is 34.4 Å². The van der Waals surface area contributed by atoms with Crippen LogP contribution in [-0.4, -0.2) is 42.4 Å². The molecule has 41 heavy (non-hydrogen) atoms. The lowest BCUT2D eigenvalue weighted by Crippen LogP contribution is -2.31. The van der Waals surface area contributed by atoms with E-state index in [2.05, 4.69) is 31.9 Å². The number of nitrogens with zero attached hydrogens (tertiary/aromatic N) is 1. The minimum atomic E-state index is -1.10. The molecule has 2 aromatic carbocycles. The number of methoxy groups -OCH3 is 2. The molecule has 0 radical (unpaired) electrons. The number of esters is 2. The molecule has 0 aliphatic heterocycles. The van der Waals surface area contributed by atoms with Crippen LogP contribution in [0.3, 0.4) is 0 Å². The number of fused-ring (bicyclic) bond motifs is 6. The minimum absolute atomic E-state index is 0.246. The van der Waals surface area contributed by atoms with Crippen molar-refractivity contribution >= 4 is 49.9 Å². The van der Waals surface area contributed by atoms with E-state index in [0.29, 0.717) is 5.69 Å². The molecule has 2 fully saturated rings. The molecule has 2 saturated carbocycles. The van der Waals surface area contributed by atoms with Crippen molar-refractivity contribution in [2.24, 2.45) is 11.8 Å². The van der Waals surface area contributed by atoms with E-state index in [-0.39, 0.29) is 23.7 Å². The van der Waals surface area contributed by atoms with E-state index in [1.807, 2.05) is 76.2 Å². The molecule has 1 heterocycles. The van der Waals surface area contributed by atoms with Gasteiger partial charge in [0.05, 0.1) is 14.2 Å². The Hall–Kier alpha value is -2.91. The molecule has 3 aliphatic rings. The van der Waals surface area contributed by atoms with Gasteiger partial charge >= 0.3 is 18.0 Å². The summed E-state index contributed by atoms with van der Waals surface area (Å²) in [5.74, 6) is -2.00. The molecule has 3 aliphatic carbocycles. The Kier molecular flexibility index (Phi) is 6.40. The molecule has 7 nitrogen and oxygen atoms in total. The number of carbonyl (C=O) groups excluding carboxylic acids is 3. The normalized spacial score (nSPS) is 29.0. The van der Waals surface area contributed by atoms with Gasteiger partial charge < -0.3 is 14.2 Å². The zero-order valence-electron chi connectivity index (χ0n) is 23.7. The lowest BCUT2D eigenvalue weighted by Gasteiger charge is -2.22. The fraction of sp³-hybridized carbons (Fsp3) is 0.406. The second-order valence-electron chi connectivity index (χ2n) is 12.2. The standard InChI is InChI=1S/C32H31Br2NO6/c1-16-15-35(29(38)41-30(2,3)4)26-21(16)22-23(31(22,27(36)39-5)17-7-11-19(33)12-8-17)24-25(26)32(24,28(37)40-6)18-9-13-20(34)14-10-18/h7-15,22-25H,1-6H3/t22-,23+,24-,25+,31+,32-/m1/s1. The van der Waals surface area contributed by atoms with Crippen molar-refractivity contribution in [1.82, 2.24) is 4.57 Å². The largest absolute Gasteiger partial charge is 0.468 e. The number of hydrogen-bond acceptors (Lipinski definition) is 6. The Morgan fingerprint density at radius 2 is 1.22 bits per heavy atom. The lowest BCUT2D eigenvalue weighted by atomic mass is 9.85. The van der Waals surface area contributed by atoms with Gasteiger partial charge in [-0.25, -0.2) is 4.79 Å². The average Bonchev–Trinajstić information content (AvgIpc) is 3.77. The number of rotatable bonds is 4. The first-order chi connectivity index (χ1) is 19.3. The van der Waals surface area contributed by atoms with Crippen molar-refractivity contribution in [1.29, 1.82) is 0 Å². The van der Waals surface area contributed by atoms with Gasteiger partial charge in [-0.15, -0.1) is 0 Å². The first-order valence-electron chi connectivity index (χ1n) is 13.5. The van der Waals surface area contributed by atoms with E-state index >= 15 is 0 Å². The van der Waals surface area contributed by atoms with Gasteiger partial charge in [0.15, 0.2) is 0 Å². The molecule has 0 amide bonds. The molecule has 3 aromatic rings. The van der Waals surface area contributed by atoms with E-state index in [9.17, 15) is 14.4 Å². The van der Waals surface area contributed by atoms with Gasteiger partial charge in [-0.05, 0) is 86.1 Å². The highest BCUT2D eigenvalue weighted by Gasteiger charge is 2.89. The fourth-order valence-electron chi connectivity index (χ4n) is 7.75. The molecule has 0 saturated heterocycles. The number of aromatic nitrogens is 1. The third kappa shape index (κ3) is 3.77. The van der Waals surface area contributed by atoms with Crippen LogP contribution in [0.1, 0.15) is 60.6 Å². The highest BCUT2D eigenvalue weighted by atomic mass is 79.9. The monoisotopic (exact) mass is 683 g/mol. The number of hydrogen-bond donors (Lipinski definition) is 0. The number of aryl methyl sites for hydroxylation is 1. The molecule has 9 heteroatoms. The summed E-state index contributed by atoms with van der Waals surface area (Å²) in [6.07, 6.45) is 1.26. The molecule has 0 bridgehead atoms. The molecule has 1 aromatic heterocycles. The van der Waals surface area contributed by atoms with Crippen LogP contribution in [0.25, 0.3) is 0 Å². The summed E-state index contributed by atoms with van der Waals surface area (Å²) in [4.78, 5) is 41.6. The first kappa shape index (κ1) is 28.2.